The molecule has 0 aliphatic heterocycles. The Morgan fingerprint density at radius 3 is 2.62 bits per heavy atom. The Kier molecular flexibility index (Phi) is 2.98. The van der Waals surface area contributed by atoms with E-state index in [2.05, 4.69) is 18.9 Å². The van der Waals surface area contributed by atoms with Crippen molar-refractivity contribution >= 4 is 11.6 Å². The van der Waals surface area contributed by atoms with Crippen LogP contribution in [0, 0.1) is 0 Å². The van der Waals surface area contributed by atoms with Crippen molar-refractivity contribution in [2.24, 2.45) is 12.8 Å². The zero-order chi connectivity index (χ0) is 10.1. The molecule has 3 nitrogen and oxygen atoms in total. The Morgan fingerprint density at radius 2 is 2.23 bits per heavy atom. The van der Waals surface area contributed by atoms with Crippen molar-refractivity contribution in [3.05, 3.63) is 16.9 Å². The minimum atomic E-state index is -0.00289. The molecular weight excluding hydrogens is 186 g/mol. The monoisotopic (exact) mass is 201 g/mol. The maximum Gasteiger partial charge on any atom is 0.0823 e. The molecule has 1 heterocycles. The third kappa shape index (κ3) is 2.03. The van der Waals surface area contributed by atoms with Gasteiger partial charge in [0.25, 0.3) is 0 Å². The SMILES string of the molecule is Cn1ncc(Cl)c1C(C)(C)CCN. The van der Waals surface area contributed by atoms with Crippen LogP contribution in [0.2, 0.25) is 5.02 Å². The summed E-state index contributed by atoms with van der Waals surface area (Å²) in [6.07, 6.45) is 2.58. The summed E-state index contributed by atoms with van der Waals surface area (Å²) in [4.78, 5) is 0. The fourth-order valence-electron chi connectivity index (χ4n) is 1.65. The van der Waals surface area contributed by atoms with Crippen LogP contribution in [0.5, 0.6) is 0 Å². The quantitative estimate of drug-likeness (QED) is 0.809. The van der Waals surface area contributed by atoms with E-state index in [1.807, 2.05) is 11.7 Å². The number of aryl methyl sites for hydroxylation is 1. The molecule has 0 unspecified atom stereocenters. The Labute approximate surface area is 83.9 Å². The largest absolute Gasteiger partial charge is 0.330 e. The first-order valence-corrected chi connectivity index (χ1v) is 4.75. The fourth-order valence-corrected chi connectivity index (χ4v) is 2.07. The highest BCUT2D eigenvalue weighted by Gasteiger charge is 2.25. The summed E-state index contributed by atoms with van der Waals surface area (Å²) in [5.74, 6) is 0. The van der Waals surface area contributed by atoms with Gasteiger partial charge in [0.05, 0.1) is 16.9 Å². The summed E-state index contributed by atoms with van der Waals surface area (Å²) in [7, 11) is 1.90. The van der Waals surface area contributed by atoms with E-state index in [-0.39, 0.29) is 5.41 Å². The minimum absolute atomic E-state index is 0.00289. The zero-order valence-corrected chi connectivity index (χ0v) is 9.10. The van der Waals surface area contributed by atoms with E-state index in [1.165, 1.54) is 0 Å². The molecule has 0 amide bonds. The highest BCUT2D eigenvalue weighted by Crippen LogP contribution is 2.31. The lowest BCUT2D eigenvalue weighted by Crippen LogP contribution is -2.25. The summed E-state index contributed by atoms with van der Waals surface area (Å²) >= 11 is 6.04. The van der Waals surface area contributed by atoms with E-state index in [0.29, 0.717) is 6.54 Å². The molecule has 0 fully saturated rings. The smallest absolute Gasteiger partial charge is 0.0823 e. The van der Waals surface area contributed by atoms with Crippen LogP contribution in [0.4, 0.5) is 0 Å². The molecule has 0 spiro atoms. The van der Waals surface area contributed by atoms with Crippen molar-refractivity contribution in [3.63, 3.8) is 0 Å². The van der Waals surface area contributed by atoms with Crippen LogP contribution in [0.25, 0.3) is 0 Å². The highest BCUT2D eigenvalue weighted by atomic mass is 35.5. The lowest BCUT2D eigenvalue weighted by Gasteiger charge is -2.24. The molecule has 74 valence electrons. The van der Waals surface area contributed by atoms with Gasteiger partial charge in [-0.2, -0.15) is 5.10 Å². The van der Waals surface area contributed by atoms with Gasteiger partial charge in [-0.3, -0.25) is 4.68 Å². The number of halogens is 1. The molecule has 1 rings (SSSR count). The first-order valence-electron chi connectivity index (χ1n) is 4.37. The molecule has 1 aromatic heterocycles. The number of nitrogens with two attached hydrogens (primary N) is 1. The van der Waals surface area contributed by atoms with Gasteiger partial charge >= 0.3 is 0 Å². The van der Waals surface area contributed by atoms with Gasteiger partial charge in [-0.1, -0.05) is 25.4 Å². The topological polar surface area (TPSA) is 43.8 Å². The van der Waals surface area contributed by atoms with Gasteiger partial charge in [0.1, 0.15) is 0 Å². The van der Waals surface area contributed by atoms with Crippen LogP contribution in [0.3, 0.4) is 0 Å². The molecule has 13 heavy (non-hydrogen) atoms. The van der Waals surface area contributed by atoms with Gasteiger partial charge in [0.2, 0.25) is 0 Å². The Bertz CT molecular complexity index is 272. The summed E-state index contributed by atoms with van der Waals surface area (Å²) in [5, 5.41) is 4.83. The number of aromatic nitrogens is 2. The number of rotatable bonds is 3. The predicted octanol–water partition coefficient (Wildman–Crippen LogP) is 1.70. The van der Waals surface area contributed by atoms with Gasteiger partial charge in [0, 0.05) is 12.5 Å². The van der Waals surface area contributed by atoms with Gasteiger partial charge < -0.3 is 5.73 Å². The standard InChI is InChI=1S/C9H16ClN3/c1-9(2,4-5-11)8-7(10)6-12-13(8)3/h6H,4-5,11H2,1-3H3. The molecule has 1 aromatic rings. The van der Waals surface area contributed by atoms with Crippen molar-refractivity contribution in [2.45, 2.75) is 25.7 Å². The fraction of sp³-hybridized carbons (Fsp3) is 0.667. The number of hydrogen-bond acceptors (Lipinski definition) is 2. The van der Waals surface area contributed by atoms with Crippen molar-refractivity contribution in [3.8, 4) is 0 Å². The lowest BCUT2D eigenvalue weighted by molar-refractivity contribution is 0.447. The first kappa shape index (κ1) is 10.5. The minimum Gasteiger partial charge on any atom is -0.330 e. The molecule has 0 radical (unpaired) electrons. The third-order valence-electron chi connectivity index (χ3n) is 2.30. The third-order valence-corrected chi connectivity index (χ3v) is 2.58. The average Bonchev–Trinajstić information content (AvgIpc) is 2.31. The van der Waals surface area contributed by atoms with Crippen LogP contribution in [-0.2, 0) is 12.5 Å². The Hall–Kier alpha value is -0.540. The van der Waals surface area contributed by atoms with Crippen molar-refractivity contribution < 1.29 is 0 Å². The van der Waals surface area contributed by atoms with Gasteiger partial charge in [0.15, 0.2) is 0 Å². The molecule has 0 atom stereocenters. The number of nitrogens with zero attached hydrogens (tertiary/aromatic N) is 2. The molecule has 0 bridgehead atoms. The molecule has 0 saturated carbocycles. The van der Waals surface area contributed by atoms with Gasteiger partial charge in [-0.05, 0) is 13.0 Å². The van der Waals surface area contributed by atoms with Crippen molar-refractivity contribution in [1.29, 1.82) is 0 Å². The Balaban J connectivity index is 3.05. The summed E-state index contributed by atoms with van der Waals surface area (Å²) in [6.45, 7) is 4.92. The van der Waals surface area contributed by atoms with E-state index in [1.54, 1.807) is 6.20 Å². The zero-order valence-electron chi connectivity index (χ0n) is 8.34. The van der Waals surface area contributed by atoms with Crippen LogP contribution >= 0.6 is 11.6 Å². The van der Waals surface area contributed by atoms with E-state index in [4.69, 9.17) is 17.3 Å². The Morgan fingerprint density at radius 1 is 1.62 bits per heavy atom. The second kappa shape index (κ2) is 3.68. The summed E-state index contributed by atoms with van der Waals surface area (Å²) in [6, 6.07) is 0. The predicted molar refractivity (Wildman–Crippen MR) is 54.9 cm³/mol. The van der Waals surface area contributed by atoms with Crippen LogP contribution in [0.15, 0.2) is 6.20 Å². The normalized spacial score (nSPS) is 12.1. The number of hydrogen-bond donors (Lipinski definition) is 1. The van der Waals surface area contributed by atoms with Gasteiger partial charge in [-0.25, -0.2) is 0 Å². The summed E-state index contributed by atoms with van der Waals surface area (Å²) in [5.41, 5.74) is 6.60. The maximum atomic E-state index is 6.04. The van der Waals surface area contributed by atoms with E-state index in [9.17, 15) is 0 Å². The van der Waals surface area contributed by atoms with Crippen LogP contribution < -0.4 is 5.73 Å². The van der Waals surface area contributed by atoms with Crippen LogP contribution in [-0.4, -0.2) is 16.3 Å². The molecule has 0 aliphatic rings. The van der Waals surface area contributed by atoms with Crippen LogP contribution in [0.1, 0.15) is 26.0 Å². The second-order valence-electron chi connectivity index (χ2n) is 3.89. The molecule has 2 N–H and O–H groups in total. The lowest BCUT2D eigenvalue weighted by atomic mass is 9.85. The highest BCUT2D eigenvalue weighted by molar-refractivity contribution is 6.31. The molecule has 4 heteroatoms. The van der Waals surface area contributed by atoms with Crippen molar-refractivity contribution in [1.82, 2.24) is 9.78 Å². The summed E-state index contributed by atoms with van der Waals surface area (Å²) < 4.78 is 1.82. The average molecular weight is 202 g/mol. The van der Waals surface area contributed by atoms with E-state index in [0.717, 1.165) is 17.1 Å². The van der Waals surface area contributed by atoms with Gasteiger partial charge in [-0.15, -0.1) is 0 Å². The molecule has 0 aromatic carbocycles. The molecule has 0 aliphatic carbocycles. The molecular formula is C9H16ClN3. The molecule has 0 saturated heterocycles. The van der Waals surface area contributed by atoms with E-state index < -0.39 is 0 Å². The van der Waals surface area contributed by atoms with E-state index >= 15 is 0 Å². The maximum absolute atomic E-state index is 6.04. The first-order chi connectivity index (χ1) is 5.99. The second-order valence-corrected chi connectivity index (χ2v) is 4.29. The van der Waals surface area contributed by atoms with Crippen molar-refractivity contribution in [2.75, 3.05) is 6.54 Å².